The Hall–Kier alpha value is -3.42. The van der Waals surface area contributed by atoms with Gasteiger partial charge in [0.1, 0.15) is 17.3 Å². The van der Waals surface area contributed by atoms with Crippen molar-refractivity contribution in [2.24, 2.45) is 5.10 Å². The average molecular weight is 461 g/mol. The summed E-state index contributed by atoms with van der Waals surface area (Å²) in [7, 11) is 0. The second kappa shape index (κ2) is 10.6. The Morgan fingerprint density at radius 1 is 1.00 bits per heavy atom. The van der Waals surface area contributed by atoms with Crippen molar-refractivity contribution in [2.45, 2.75) is 0 Å². The minimum Gasteiger partial charge on any atom is -0.484 e. The highest BCUT2D eigenvalue weighted by molar-refractivity contribution is 6.36. The number of benzene rings is 3. The zero-order valence-electron chi connectivity index (χ0n) is 15.8. The van der Waals surface area contributed by atoms with Gasteiger partial charge in [0, 0.05) is 5.02 Å². The number of hydrogen-bond acceptors (Lipinski definition) is 5. The zero-order valence-corrected chi connectivity index (χ0v) is 17.4. The largest absolute Gasteiger partial charge is 0.484 e. The van der Waals surface area contributed by atoms with Crippen LogP contribution in [0, 0.1) is 5.82 Å². The van der Waals surface area contributed by atoms with Crippen LogP contribution in [-0.2, 0) is 4.79 Å². The third-order valence-electron chi connectivity index (χ3n) is 3.81. The van der Waals surface area contributed by atoms with E-state index in [-0.39, 0.29) is 22.9 Å². The van der Waals surface area contributed by atoms with Crippen LogP contribution in [0.2, 0.25) is 10.0 Å². The summed E-state index contributed by atoms with van der Waals surface area (Å²) in [6.45, 7) is -0.289. The van der Waals surface area contributed by atoms with E-state index >= 15 is 0 Å². The second-order valence-corrected chi connectivity index (χ2v) is 6.97. The van der Waals surface area contributed by atoms with Crippen LogP contribution in [0.3, 0.4) is 0 Å². The molecule has 0 saturated carbocycles. The third-order valence-corrected chi connectivity index (χ3v) is 4.35. The van der Waals surface area contributed by atoms with Crippen molar-refractivity contribution in [2.75, 3.05) is 6.61 Å². The van der Waals surface area contributed by atoms with Gasteiger partial charge in [0.25, 0.3) is 5.91 Å². The van der Waals surface area contributed by atoms with Gasteiger partial charge in [0.15, 0.2) is 6.61 Å². The molecule has 0 aliphatic rings. The molecule has 0 fully saturated rings. The Morgan fingerprint density at radius 2 is 1.77 bits per heavy atom. The Morgan fingerprint density at radius 3 is 2.52 bits per heavy atom. The molecule has 0 atom stereocenters. The van der Waals surface area contributed by atoms with Gasteiger partial charge in [0.05, 0.1) is 16.8 Å². The van der Waals surface area contributed by atoms with E-state index in [0.29, 0.717) is 16.3 Å². The highest BCUT2D eigenvalue weighted by Crippen LogP contribution is 2.23. The number of halogens is 3. The number of hydrazone groups is 1. The van der Waals surface area contributed by atoms with Crippen molar-refractivity contribution in [3.8, 4) is 11.5 Å². The molecule has 0 bridgehead atoms. The Balaban J connectivity index is 1.53. The first-order valence-electron chi connectivity index (χ1n) is 8.88. The first-order chi connectivity index (χ1) is 14.9. The summed E-state index contributed by atoms with van der Waals surface area (Å²) in [6.07, 6.45) is 1.38. The number of rotatable bonds is 7. The van der Waals surface area contributed by atoms with Gasteiger partial charge in [-0.05, 0) is 60.2 Å². The molecule has 158 valence electrons. The minimum absolute atomic E-state index is 0.179. The monoisotopic (exact) mass is 460 g/mol. The standard InChI is InChI=1S/C22H15Cl2FN2O4/c23-15-4-9-19(20(24)11-15)22(29)31-18-3-1-2-14(10-18)12-26-27-21(28)13-30-17-7-5-16(25)6-8-17/h1-12H,13H2,(H,27,28). The first kappa shape index (κ1) is 22.3. The van der Waals surface area contributed by atoms with E-state index in [0.717, 1.165) is 0 Å². The highest BCUT2D eigenvalue weighted by Gasteiger charge is 2.13. The summed E-state index contributed by atoms with van der Waals surface area (Å²) < 4.78 is 23.4. The van der Waals surface area contributed by atoms with Gasteiger partial charge in [-0.15, -0.1) is 0 Å². The van der Waals surface area contributed by atoms with Crippen LogP contribution in [0.25, 0.3) is 0 Å². The molecule has 9 heteroatoms. The van der Waals surface area contributed by atoms with E-state index in [1.165, 1.54) is 48.7 Å². The topological polar surface area (TPSA) is 77.0 Å². The normalized spacial score (nSPS) is 10.7. The number of carbonyl (C=O) groups excluding carboxylic acids is 2. The molecule has 0 heterocycles. The predicted octanol–water partition coefficient (Wildman–Crippen LogP) is 4.88. The van der Waals surface area contributed by atoms with E-state index in [9.17, 15) is 14.0 Å². The van der Waals surface area contributed by atoms with Crippen LogP contribution < -0.4 is 14.9 Å². The van der Waals surface area contributed by atoms with Crippen molar-refractivity contribution < 1.29 is 23.5 Å². The molecule has 0 saturated heterocycles. The maximum absolute atomic E-state index is 12.8. The van der Waals surface area contributed by atoms with Gasteiger partial charge in [-0.25, -0.2) is 14.6 Å². The van der Waals surface area contributed by atoms with Gasteiger partial charge in [0.2, 0.25) is 0 Å². The van der Waals surface area contributed by atoms with Crippen molar-refractivity contribution in [3.63, 3.8) is 0 Å². The lowest BCUT2D eigenvalue weighted by Gasteiger charge is -2.07. The molecule has 0 aromatic heterocycles. The van der Waals surface area contributed by atoms with Gasteiger partial charge >= 0.3 is 5.97 Å². The van der Waals surface area contributed by atoms with Crippen molar-refractivity contribution in [3.05, 3.63) is 93.7 Å². The fraction of sp³-hybridized carbons (Fsp3) is 0.0455. The first-order valence-corrected chi connectivity index (χ1v) is 9.64. The zero-order chi connectivity index (χ0) is 22.2. The van der Waals surface area contributed by atoms with E-state index in [2.05, 4.69) is 10.5 Å². The number of nitrogens with one attached hydrogen (secondary N) is 1. The molecule has 3 aromatic rings. The molecule has 0 radical (unpaired) electrons. The Bertz CT molecular complexity index is 1120. The van der Waals surface area contributed by atoms with Gasteiger partial charge < -0.3 is 9.47 Å². The van der Waals surface area contributed by atoms with Crippen LogP contribution in [0.4, 0.5) is 4.39 Å². The lowest BCUT2D eigenvalue weighted by molar-refractivity contribution is -0.123. The van der Waals surface area contributed by atoms with Crippen molar-refractivity contribution in [1.29, 1.82) is 0 Å². The van der Waals surface area contributed by atoms with Crippen LogP contribution in [0.15, 0.2) is 71.8 Å². The van der Waals surface area contributed by atoms with Gasteiger partial charge in [-0.3, -0.25) is 4.79 Å². The van der Waals surface area contributed by atoms with Crippen LogP contribution in [0.1, 0.15) is 15.9 Å². The fourth-order valence-electron chi connectivity index (χ4n) is 2.37. The summed E-state index contributed by atoms with van der Waals surface area (Å²) in [6, 6.07) is 16.3. The third kappa shape index (κ3) is 6.80. The minimum atomic E-state index is -0.637. The molecule has 0 aliphatic carbocycles. The summed E-state index contributed by atoms with van der Waals surface area (Å²) in [5.41, 5.74) is 3.06. The SMILES string of the molecule is O=C(COc1ccc(F)cc1)NN=Cc1cccc(OC(=O)c2ccc(Cl)cc2Cl)c1. The number of carbonyl (C=O) groups is 2. The molecule has 0 unspecified atom stereocenters. The van der Waals surface area contributed by atoms with E-state index < -0.39 is 17.7 Å². The number of amides is 1. The maximum Gasteiger partial charge on any atom is 0.345 e. The molecule has 3 rings (SSSR count). The summed E-state index contributed by atoms with van der Waals surface area (Å²) >= 11 is 11.8. The Kier molecular flexibility index (Phi) is 7.59. The number of esters is 1. The van der Waals surface area contributed by atoms with Gasteiger partial charge in [-0.1, -0.05) is 35.3 Å². The summed E-state index contributed by atoms with van der Waals surface area (Å²) in [5, 5.41) is 4.42. The second-order valence-electron chi connectivity index (χ2n) is 6.12. The molecule has 1 N–H and O–H groups in total. The smallest absolute Gasteiger partial charge is 0.345 e. The van der Waals surface area contributed by atoms with E-state index in [4.69, 9.17) is 32.7 Å². The van der Waals surface area contributed by atoms with E-state index in [1.807, 2.05) is 0 Å². The number of ether oxygens (including phenoxy) is 2. The molecular formula is C22H15Cl2FN2O4. The molecular weight excluding hydrogens is 446 g/mol. The number of nitrogens with zero attached hydrogens (tertiary/aromatic N) is 1. The van der Waals surface area contributed by atoms with Crippen LogP contribution in [-0.4, -0.2) is 24.7 Å². The molecule has 1 amide bonds. The molecule has 3 aromatic carbocycles. The van der Waals surface area contributed by atoms with Crippen molar-refractivity contribution >= 4 is 41.3 Å². The molecule has 0 spiro atoms. The van der Waals surface area contributed by atoms with Crippen LogP contribution in [0.5, 0.6) is 11.5 Å². The Labute approximate surface area is 187 Å². The lowest BCUT2D eigenvalue weighted by atomic mass is 10.2. The van der Waals surface area contributed by atoms with Gasteiger partial charge in [-0.2, -0.15) is 5.10 Å². The lowest BCUT2D eigenvalue weighted by Crippen LogP contribution is -2.24. The molecule has 31 heavy (non-hydrogen) atoms. The predicted molar refractivity (Wildman–Crippen MR) is 115 cm³/mol. The maximum atomic E-state index is 12.8. The molecule has 0 aliphatic heterocycles. The summed E-state index contributed by atoms with van der Waals surface area (Å²) in [4.78, 5) is 24.1. The fourth-order valence-corrected chi connectivity index (χ4v) is 2.85. The molecule has 6 nitrogen and oxygen atoms in total. The highest BCUT2D eigenvalue weighted by atomic mass is 35.5. The van der Waals surface area contributed by atoms with Crippen molar-refractivity contribution in [1.82, 2.24) is 5.43 Å². The quantitative estimate of drug-likeness (QED) is 0.236. The summed E-state index contributed by atoms with van der Waals surface area (Å²) in [5.74, 6) is -0.908. The van der Waals surface area contributed by atoms with Crippen LogP contribution >= 0.6 is 23.2 Å². The van der Waals surface area contributed by atoms with E-state index in [1.54, 1.807) is 24.3 Å². The average Bonchev–Trinajstić information content (AvgIpc) is 2.73. The number of hydrogen-bond donors (Lipinski definition) is 1.